The van der Waals surface area contributed by atoms with E-state index in [4.69, 9.17) is 11.6 Å². The van der Waals surface area contributed by atoms with Crippen molar-refractivity contribution >= 4 is 37.4 Å². The maximum absolute atomic E-state index is 11.4. The van der Waals surface area contributed by atoms with Gasteiger partial charge in [0.1, 0.15) is 6.10 Å². The van der Waals surface area contributed by atoms with Crippen molar-refractivity contribution in [1.82, 2.24) is 0 Å². The topological polar surface area (TPSA) is 54.4 Å². The van der Waals surface area contributed by atoms with E-state index in [2.05, 4.69) is 15.9 Å². The third kappa shape index (κ3) is 2.77. The molecule has 0 radical (unpaired) electrons. The summed E-state index contributed by atoms with van der Waals surface area (Å²) in [7, 11) is -3.56. The van der Waals surface area contributed by atoms with E-state index in [-0.39, 0.29) is 0 Å². The molecule has 1 aromatic carbocycles. The lowest BCUT2D eigenvalue weighted by Crippen LogP contribution is -2.35. The van der Waals surface area contributed by atoms with Gasteiger partial charge in [0.2, 0.25) is 0 Å². The van der Waals surface area contributed by atoms with Crippen molar-refractivity contribution in [2.45, 2.75) is 17.2 Å². The Hall–Kier alpha value is -0.100. The fourth-order valence-electron chi connectivity index (χ4n) is 1.15. The first-order valence-electron chi connectivity index (χ1n) is 4.48. The van der Waals surface area contributed by atoms with Gasteiger partial charge in [-0.05, 0) is 24.6 Å². The Morgan fingerprint density at radius 1 is 1.38 bits per heavy atom. The molecule has 1 N–H and O–H groups in total. The van der Waals surface area contributed by atoms with Crippen LogP contribution in [0.15, 0.2) is 28.7 Å². The van der Waals surface area contributed by atoms with Gasteiger partial charge in [0, 0.05) is 10.7 Å². The van der Waals surface area contributed by atoms with Crippen LogP contribution in [0, 0.1) is 0 Å². The van der Waals surface area contributed by atoms with Crippen LogP contribution in [0.4, 0.5) is 0 Å². The molecule has 16 heavy (non-hydrogen) atoms. The molecule has 6 heteroatoms. The molecule has 0 bridgehead atoms. The van der Waals surface area contributed by atoms with Gasteiger partial charge in [-0.25, -0.2) is 8.42 Å². The number of sulfone groups is 1. The van der Waals surface area contributed by atoms with E-state index in [1.807, 2.05) is 0 Å². The molecule has 0 aliphatic rings. The average Bonchev–Trinajstić information content (AvgIpc) is 2.16. The molecule has 0 fully saturated rings. The number of alkyl halides is 1. The first-order chi connectivity index (χ1) is 7.16. The first kappa shape index (κ1) is 14.0. The van der Waals surface area contributed by atoms with Crippen molar-refractivity contribution < 1.29 is 13.5 Å². The third-order valence-electron chi connectivity index (χ3n) is 2.40. The molecule has 90 valence electrons. The molecule has 3 nitrogen and oxygen atoms in total. The maximum Gasteiger partial charge on any atom is 0.172 e. The molecule has 0 unspecified atom stereocenters. The standard InChI is InChI=1S/C10H12BrClO3S/c1-10(12,16(2,14)15)9(13)7-3-5-8(11)6-4-7/h3-6,9,13H,1-2H3/t9-,10-/m0/s1. The minimum Gasteiger partial charge on any atom is -0.385 e. The maximum atomic E-state index is 11.4. The summed E-state index contributed by atoms with van der Waals surface area (Å²) in [5, 5.41) is 9.95. The molecule has 1 rings (SSSR count). The quantitative estimate of drug-likeness (QED) is 0.868. The van der Waals surface area contributed by atoms with Crippen LogP contribution in [0.25, 0.3) is 0 Å². The number of rotatable bonds is 3. The molecule has 2 atom stereocenters. The van der Waals surface area contributed by atoms with Gasteiger partial charge in [0.25, 0.3) is 0 Å². The SMILES string of the molecule is C[C@@](Cl)([C@@H](O)c1ccc(Br)cc1)S(C)(=O)=O. The van der Waals surface area contributed by atoms with E-state index in [0.717, 1.165) is 10.7 Å². The summed E-state index contributed by atoms with van der Waals surface area (Å²) in [6.45, 7) is 1.29. The Morgan fingerprint density at radius 2 is 1.81 bits per heavy atom. The average molecular weight is 328 g/mol. The Labute approximate surface area is 108 Å². The van der Waals surface area contributed by atoms with Gasteiger partial charge in [-0.3, -0.25) is 0 Å². The summed E-state index contributed by atoms with van der Waals surface area (Å²) < 4.78 is 22.0. The molecular weight excluding hydrogens is 316 g/mol. The normalized spacial score (nSPS) is 17.8. The number of hydrogen-bond acceptors (Lipinski definition) is 3. The van der Waals surface area contributed by atoms with Crippen LogP contribution >= 0.6 is 27.5 Å². The van der Waals surface area contributed by atoms with Crippen LogP contribution in [0.2, 0.25) is 0 Å². The summed E-state index contributed by atoms with van der Waals surface area (Å²) in [5.41, 5.74) is 0.464. The van der Waals surface area contributed by atoms with Gasteiger partial charge in [0.15, 0.2) is 14.0 Å². The predicted molar refractivity (Wildman–Crippen MR) is 68.2 cm³/mol. The second-order valence-corrected chi connectivity index (χ2v) is 8.03. The second-order valence-electron chi connectivity index (χ2n) is 3.71. The summed E-state index contributed by atoms with van der Waals surface area (Å²) in [6, 6.07) is 6.68. The monoisotopic (exact) mass is 326 g/mol. The molecular formula is C10H12BrClO3S. The number of aliphatic hydroxyl groups excluding tert-OH is 1. The van der Waals surface area contributed by atoms with Crippen molar-refractivity contribution in [3.05, 3.63) is 34.3 Å². The largest absolute Gasteiger partial charge is 0.385 e. The molecule has 0 heterocycles. The molecule has 0 aliphatic heterocycles. The van der Waals surface area contributed by atoms with Crippen LogP contribution in [0.3, 0.4) is 0 Å². The minimum absolute atomic E-state index is 0.464. The number of aliphatic hydroxyl groups is 1. The Kier molecular flexibility index (Phi) is 4.05. The van der Waals surface area contributed by atoms with Gasteiger partial charge in [-0.15, -0.1) is 0 Å². The van der Waals surface area contributed by atoms with E-state index in [9.17, 15) is 13.5 Å². The van der Waals surface area contributed by atoms with E-state index in [1.165, 1.54) is 6.92 Å². The van der Waals surface area contributed by atoms with E-state index < -0.39 is 20.1 Å². The van der Waals surface area contributed by atoms with Gasteiger partial charge < -0.3 is 5.11 Å². The third-order valence-corrected chi connectivity index (χ3v) is 5.65. The molecule has 0 aromatic heterocycles. The van der Waals surface area contributed by atoms with Crippen LogP contribution in [0.1, 0.15) is 18.6 Å². The lowest BCUT2D eigenvalue weighted by molar-refractivity contribution is 0.163. The highest BCUT2D eigenvalue weighted by Crippen LogP contribution is 2.36. The highest BCUT2D eigenvalue weighted by molar-refractivity contribution is 9.10. The molecule has 0 saturated heterocycles. The zero-order valence-corrected chi connectivity index (χ0v) is 12.0. The van der Waals surface area contributed by atoms with Crippen molar-refractivity contribution in [2.24, 2.45) is 0 Å². The summed E-state index contributed by atoms with van der Waals surface area (Å²) >= 11 is 9.14. The second kappa shape index (κ2) is 4.64. The Morgan fingerprint density at radius 3 is 2.19 bits per heavy atom. The zero-order chi connectivity index (χ0) is 12.6. The van der Waals surface area contributed by atoms with Crippen molar-refractivity contribution in [2.75, 3.05) is 6.26 Å². The van der Waals surface area contributed by atoms with Crippen LogP contribution < -0.4 is 0 Å². The molecule has 1 aromatic rings. The minimum atomic E-state index is -3.56. The van der Waals surface area contributed by atoms with Crippen molar-refractivity contribution in [3.63, 3.8) is 0 Å². The molecule has 0 spiro atoms. The fourth-order valence-corrected chi connectivity index (χ4v) is 2.08. The molecule has 0 amide bonds. The predicted octanol–water partition coefficient (Wildman–Crippen LogP) is 2.48. The lowest BCUT2D eigenvalue weighted by atomic mass is 10.1. The summed E-state index contributed by atoms with van der Waals surface area (Å²) in [6.07, 6.45) is -0.264. The lowest BCUT2D eigenvalue weighted by Gasteiger charge is -2.26. The first-order valence-corrected chi connectivity index (χ1v) is 7.54. The van der Waals surface area contributed by atoms with Crippen molar-refractivity contribution in [3.8, 4) is 0 Å². The molecule has 0 saturated carbocycles. The number of benzene rings is 1. The summed E-state index contributed by atoms with van der Waals surface area (Å²) in [5.74, 6) is 0. The van der Waals surface area contributed by atoms with Gasteiger partial charge >= 0.3 is 0 Å². The number of hydrogen-bond donors (Lipinski definition) is 1. The van der Waals surface area contributed by atoms with Gasteiger partial charge in [0.05, 0.1) is 0 Å². The van der Waals surface area contributed by atoms with Crippen LogP contribution in [-0.4, -0.2) is 24.0 Å². The van der Waals surface area contributed by atoms with E-state index >= 15 is 0 Å². The smallest absolute Gasteiger partial charge is 0.172 e. The number of halogens is 2. The Bertz CT molecular complexity index is 467. The highest BCUT2D eigenvalue weighted by atomic mass is 79.9. The zero-order valence-electron chi connectivity index (χ0n) is 8.81. The summed E-state index contributed by atoms with van der Waals surface area (Å²) in [4.78, 5) is 0. The van der Waals surface area contributed by atoms with Crippen LogP contribution in [-0.2, 0) is 9.84 Å². The van der Waals surface area contributed by atoms with E-state index in [1.54, 1.807) is 24.3 Å². The van der Waals surface area contributed by atoms with Gasteiger partial charge in [-0.2, -0.15) is 0 Å². The molecule has 0 aliphatic carbocycles. The Balaban J connectivity index is 3.12. The highest BCUT2D eigenvalue weighted by Gasteiger charge is 2.41. The van der Waals surface area contributed by atoms with E-state index in [0.29, 0.717) is 5.56 Å². The van der Waals surface area contributed by atoms with Gasteiger partial charge in [-0.1, -0.05) is 39.7 Å². The fraction of sp³-hybridized carbons (Fsp3) is 0.400. The van der Waals surface area contributed by atoms with Crippen molar-refractivity contribution in [1.29, 1.82) is 0 Å². The van der Waals surface area contributed by atoms with Crippen LogP contribution in [0.5, 0.6) is 0 Å².